The van der Waals surface area contributed by atoms with Crippen molar-refractivity contribution >= 4 is 17.3 Å². The van der Waals surface area contributed by atoms with Crippen LogP contribution in [0.2, 0.25) is 0 Å². The van der Waals surface area contributed by atoms with Crippen molar-refractivity contribution in [1.29, 1.82) is 0 Å². The van der Waals surface area contributed by atoms with E-state index >= 15 is 0 Å². The number of nitrogens with one attached hydrogen (secondary N) is 2. The molecule has 1 saturated heterocycles. The van der Waals surface area contributed by atoms with Crippen LogP contribution < -0.4 is 10.6 Å². The lowest BCUT2D eigenvalue weighted by Crippen LogP contribution is -2.47. The van der Waals surface area contributed by atoms with Crippen LogP contribution in [-0.4, -0.2) is 30.4 Å². The highest BCUT2D eigenvalue weighted by Gasteiger charge is 2.14. The molecule has 2 N–H and O–H groups in total. The third-order valence-electron chi connectivity index (χ3n) is 1.92. The summed E-state index contributed by atoms with van der Waals surface area (Å²) in [6, 6.07) is 0.789. The molecular formula is C9H18N2OS. The molecule has 1 rings (SSSR count). The summed E-state index contributed by atoms with van der Waals surface area (Å²) in [6.07, 6.45) is 2.28. The summed E-state index contributed by atoms with van der Waals surface area (Å²) in [5.41, 5.74) is 0. The molecule has 1 heterocycles. The largest absolute Gasteiger partial charge is 0.379 e. The molecule has 0 saturated carbocycles. The van der Waals surface area contributed by atoms with Gasteiger partial charge in [0.25, 0.3) is 0 Å². The van der Waals surface area contributed by atoms with Crippen molar-refractivity contribution in [2.24, 2.45) is 0 Å². The van der Waals surface area contributed by atoms with Crippen LogP contribution in [0.3, 0.4) is 0 Å². The van der Waals surface area contributed by atoms with Crippen LogP contribution in [0.5, 0.6) is 0 Å². The lowest BCUT2D eigenvalue weighted by atomic mass is 10.1. The minimum absolute atomic E-state index is 0.393. The molecule has 76 valence electrons. The van der Waals surface area contributed by atoms with E-state index < -0.39 is 0 Å². The maximum atomic E-state index is 5.34. The maximum Gasteiger partial charge on any atom is 0.166 e. The van der Waals surface area contributed by atoms with Crippen LogP contribution >= 0.6 is 12.2 Å². The lowest BCUT2D eigenvalue weighted by Gasteiger charge is -2.25. The number of ether oxygens (including phenoxy) is 1. The Balaban J connectivity index is 2.18. The summed E-state index contributed by atoms with van der Waals surface area (Å²) in [6.45, 7) is 5.82. The second-order valence-electron chi connectivity index (χ2n) is 3.69. The zero-order chi connectivity index (χ0) is 9.68. The fourth-order valence-electron chi connectivity index (χ4n) is 1.34. The van der Waals surface area contributed by atoms with Gasteiger partial charge in [0.15, 0.2) is 5.11 Å². The van der Waals surface area contributed by atoms with E-state index in [2.05, 4.69) is 24.5 Å². The molecule has 3 nitrogen and oxygen atoms in total. The Morgan fingerprint density at radius 1 is 1.54 bits per heavy atom. The van der Waals surface area contributed by atoms with E-state index in [1.54, 1.807) is 0 Å². The van der Waals surface area contributed by atoms with Crippen LogP contribution in [0.1, 0.15) is 26.7 Å². The molecule has 0 aromatic heterocycles. The summed E-state index contributed by atoms with van der Waals surface area (Å²) in [5, 5.41) is 7.14. The van der Waals surface area contributed by atoms with Crippen LogP contribution in [0, 0.1) is 0 Å². The molecule has 0 aromatic rings. The summed E-state index contributed by atoms with van der Waals surface area (Å²) in [7, 11) is 0. The van der Waals surface area contributed by atoms with Gasteiger partial charge in [-0.15, -0.1) is 0 Å². The molecule has 0 amide bonds. The minimum atomic E-state index is 0.393. The minimum Gasteiger partial charge on any atom is -0.379 e. The van der Waals surface area contributed by atoms with Gasteiger partial charge >= 0.3 is 0 Å². The monoisotopic (exact) mass is 202 g/mol. The summed E-state index contributed by atoms with van der Waals surface area (Å²) >= 11 is 5.13. The summed E-state index contributed by atoms with van der Waals surface area (Å²) in [4.78, 5) is 0. The topological polar surface area (TPSA) is 33.3 Å². The van der Waals surface area contributed by atoms with Crippen molar-refractivity contribution in [3.63, 3.8) is 0 Å². The third-order valence-corrected chi connectivity index (χ3v) is 2.15. The standard InChI is InChI=1S/C9H18N2OS/c1-7(2)10-9(13)11-8-4-3-5-12-6-8/h7-8H,3-6H2,1-2H3,(H2,10,11,13)/t8-/m1/s1. The van der Waals surface area contributed by atoms with Crippen LogP contribution in [0.4, 0.5) is 0 Å². The second-order valence-corrected chi connectivity index (χ2v) is 4.09. The van der Waals surface area contributed by atoms with Gasteiger partial charge < -0.3 is 15.4 Å². The fraction of sp³-hybridized carbons (Fsp3) is 0.889. The van der Waals surface area contributed by atoms with Crippen molar-refractivity contribution < 1.29 is 4.74 Å². The maximum absolute atomic E-state index is 5.34. The molecule has 1 aliphatic rings. The average molecular weight is 202 g/mol. The molecule has 0 aromatic carbocycles. The first-order valence-corrected chi connectivity index (χ1v) is 5.24. The van der Waals surface area contributed by atoms with Gasteiger partial charge in [0.05, 0.1) is 12.6 Å². The molecule has 1 atom stereocenters. The molecule has 0 bridgehead atoms. The van der Waals surface area contributed by atoms with Crippen molar-refractivity contribution in [3.8, 4) is 0 Å². The molecular weight excluding hydrogens is 184 g/mol. The van der Waals surface area contributed by atoms with Crippen molar-refractivity contribution in [3.05, 3.63) is 0 Å². The Morgan fingerprint density at radius 3 is 2.85 bits per heavy atom. The van der Waals surface area contributed by atoms with Gasteiger partial charge in [0.2, 0.25) is 0 Å². The van der Waals surface area contributed by atoms with Gasteiger partial charge in [-0.2, -0.15) is 0 Å². The van der Waals surface area contributed by atoms with E-state index in [0.717, 1.165) is 31.2 Å². The predicted molar refractivity (Wildman–Crippen MR) is 57.8 cm³/mol. The molecule has 0 aliphatic carbocycles. The van der Waals surface area contributed by atoms with E-state index in [-0.39, 0.29) is 0 Å². The van der Waals surface area contributed by atoms with Crippen molar-refractivity contribution in [1.82, 2.24) is 10.6 Å². The summed E-state index contributed by atoms with van der Waals surface area (Å²) < 4.78 is 5.34. The molecule has 13 heavy (non-hydrogen) atoms. The molecule has 0 radical (unpaired) electrons. The Hall–Kier alpha value is -0.350. The molecule has 0 unspecified atom stereocenters. The van der Waals surface area contributed by atoms with E-state index in [0.29, 0.717) is 12.1 Å². The third kappa shape index (κ3) is 4.43. The van der Waals surface area contributed by atoms with E-state index in [1.165, 1.54) is 0 Å². The Morgan fingerprint density at radius 2 is 2.31 bits per heavy atom. The Kier molecular flexibility index (Phi) is 4.45. The Labute approximate surface area is 85.2 Å². The quantitative estimate of drug-likeness (QED) is 0.656. The highest BCUT2D eigenvalue weighted by molar-refractivity contribution is 7.80. The number of thiocarbonyl (C=S) groups is 1. The fourth-order valence-corrected chi connectivity index (χ4v) is 1.75. The lowest BCUT2D eigenvalue weighted by molar-refractivity contribution is 0.0763. The van der Waals surface area contributed by atoms with Gasteiger partial charge in [-0.05, 0) is 38.9 Å². The normalized spacial score (nSPS) is 22.8. The van der Waals surface area contributed by atoms with Gasteiger partial charge in [0, 0.05) is 12.6 Å². The van der Waals surface area contributed by atoms with Gasteiger partial charge in [-0.3, -0.25) is 0 Å². The predicted octanol–water partition coefficient (Wildman–Crippen LogP) is 1.04. The first-order valence-electron chi connectivity index (χ1n) is 4.83. The van der Waals surface area contributed by atoms with Gasteiger partial charge in [0.1, 0.15) is 0 Å². The zero-order valence-corrected chi connectivity index (χ0v) is 9.12. The van der Waals surface area contributed by atoms with E-state index in [9.17, 15) is 0 Å². The Bertz CT molecular complexity index is 167. The first-order chi connectivity index (χ1) is 6.18. The molecule has 1 aliphatic heterocycles. The van der Waals surface area contributed by atoms with E-state index in [1.807, 2.05) is 0 Å². The molecule has 4 heteroatoms. The smallest absolute Gasteiger partial charge is 0.166 e. The first kappa shape index (κ1) is 10.7. The van der Waals surface area contributed by atoms with Crippen LogP contribution in [0.25, 0.3) is 0 Å². The SMILES string of the molecule is CC(C)NC(=S)N[C@@H]1CCCOC1. The molecule has 0 spiro atoms. The average Bonchev–Trinajstić information content (AvgIpc) is 2.04. The van der Waals surface area contributed by atoms with Gasteiger partial charge in [-0.1, -0.05) is 0 Å². The van der Waals surface area contributed by atoms with Crippen LogP contribution in [0.15, 0.2) is 0 Å². The van der Waals surface area contributed by atoms with Crippen molar-refractivity contribution in [2.45, 2.75) is 38.8 Å². The highest BCUT2D eigenvalue weighted by atomic mass is 32.1. The summed E-state index contributed by atoms with van der Waals surface area (Å²) in [5.74, 6) is 0. The van der Waals surface area contributed by atoms with Crippen molar-refractivity contribution in [2.75, 3.05) is 13.2 Å². The zero-order valence-electron chi connectivity index (χ0n) is 8.30. The van der Waals surface area contributed by atoms with Gasteiger partial charge in [-0.25, -0.2) is 0 Å². The number of hydrogen-bond acceptors (Lipinski definition) is 2. The molecule has 1 fully saturated rings. The number of rotatable bonds is 2. The van der Waals surface area contributed by atoms with Crippen LogP contribution in [-0.2, 0) is 4.74 Å². The second kappa shape index (κ2) is 5.40. The number of hydrogen-bond donors (Lipinski definition) is 2. The highest BCUT2D eigenvalue weighted by Crippen LogP contribution is 2.05. The van der Waals surface area contributed by atoms with E-state index in [4.69, 9.17) is 17.0 Å².